The molecule has 2 N–H and O–H groups in total. The molecule has 1 aliphatic rings. The van der Waals surface area contributed by atoms with Crippen molar-refractivity contribution in [3.05, 3.63) is 36.5 Å². The molecule has 0 radical (unpaired) electrons. The average molecular weight is 287 g/mol. The maximum Gasteiger partial charge on any atom is 0.323 e. The fourth-order valence-electron chi connectivity index (χ4n) is 2.60. The van der Waals surface area contributed by atoms with E-state index in [1.807, 2.05) is 43.3 Å². The molecule has 0 saturated heterocycles. The highest BCUT2D eigenvalue weighted by molar-refractivity contribution is 5.90. The lowest BCUT2D eigenvalue weighted by Crippen LogP contribution is -2.24. The molecule has 4 heteroatoms. The second-order valence-corrected chi connectivity index (χ2v) is 5.80. The third-order valence-corrected chi connectivity index (χ3v) is 3.87. The van der Waals surface area contributed by atoms with Crippen molar-refractivity contribution in [3.63, 3.8) is 0 Å². The molecule has 0 bridgehead atoms. The molecule has 0 heterocycles. The monoisotopic (exact) mass is 287 g/mol. The van der Waals surface area contributed by atoms with Gasteiger partial charge in [0, 0.05) is 31.7 Å². The highest BCUT2D eigenvalue weighted by atomic mass is 16.2. The van der Waals surface area contributed by atoms with Gasteiger partial charge in [0.2, 0.25) is 0 Å². The summed E-state index contributed by atoms with van der Waals surface area (Å²) in [6, 6.07) is 7.57. The van der Waals surface area contributed by atoms with E-state index in [1.165, 1.54) is 32.1 Å². The van der Waals surface area contributed by atoms with Crippen LogP contribution >= 0.6 is 0 Å². The number of nitrogens with zero attached hydrogens (tertiary/aromatic N) is 1. The molecule has 114 valence electrons. The van der Waals surface area contributed by atoms with Crippen LogP contribution in [-0.4, -0.2) is 20.1 Å². The Morgan fingerprint density at radius 2 is 1.81 bits per heavy atom. The number of anilines is 2. The molecule has 0 aliphatic heterocycles. The molecule has 2 rings (SSSR count). The molecule has 1 aromatic rings. The van der Waals surface area contributed by atoms with E-state index in [-0.39, 0.29) is 6.03 Å². The Bertz CT molecular complexity index is 473. The van der Waals surface area contributed by atoms with Crippen molar-refractivity contribution in [1.29, 1.82) is 0 Å². The molecule has 1 aliphatic carbocycles. The van der Waals surface area contributed by atoms with Gasteiger partial charge < -0.3 is 15.5 Å². The fourth-order valence-corrected chi connectivity index (χ4v) is 2.60. The zero-order valence-corrected chi connectivity index (χ0v) is 12.9. The van der Waals surface area contributed by atoms with Crippen molar-refractivity contribution < 1.29 is 4.79 Å². The topological polar surface area (TPSA) is 44.4 Å². The maximum atomic E-state index is 11.8. The van der Waals surface area contributed by atoms with Gasteiger partial charge in [-0.05, 0) is 43.0 Å². The van der Waals surface area contributed by atoms with Crippen LogP contribution in [0.3, 0.4) is 0 Å². The Morgan fingerprint density at radius 3 is 2.43 bits per heavy atom. The minimum Gasteiger partial charge on any atom is -0.378 e. The van der Waals surface area contributed by atoms with Crippen LogP contribution in [-0.2, 0) is 0 Å². The molecule has 0 spiro atoms. The minimum absolute atomic E-state index is 0.195. The van der Waals surface area contributed by atoms with Crippen LogP contribution in [0.2, 0.25) is 0 Å². The number of hydrogen-bond acceptors (Lipinski definition) is 2. The summed E-state index contributed by atoms with van der Waals surface area (Å²) in [6.07, 6.45) is 10.3. The van der Waals surface area contributed by atoms with Gasteiger partial charge in [0.05, 0.1) is 0 Å². The Labute approximate surface area is 127 Å². The second kappa shape index (κ2) is 7.72. The largest absolute Gasteiger partial charge is 0.378 e. The number of rotatable bonds is 4. The van der Waals surface area contributed by atoms with Crippen LogP contribution in [0.1, 0.15) is 32.1 Å². The van der Waals surface area contributed by atoms with Gasteiger partial charge in [-0.15, -0.1) is 0 Å². The first kappa shape index (κ1) is 15.4. The van der Waals surface area contributed by atoms with Gasteiger partial charge in [0.15, 0.2) is 0 Å². The predicted octanol–water partition coefficient (Wildman–Crippen LogP) is 3.97. The van der Waals surface area contributed by atoms with E-state index in [0.29, 0.717) is 5.92 Å². The first-order valence-corrected chi connectivity index (χ1v) is 7.67. The molecule has 1 fully saturated rings. The first-order valence-electron chi connectivity index (χ1n) is 7.67. The smallest absolute Gasteiger partial charge is 0.323 e. The maximum absolute atomic E-state index is 11.8. The van der Waals surface area contributed by atoms with E-state index < -0.39 is 0 Å². The summed E-state index contributed by atoms with van der Waals surface area (Å²) in [7, 11) is 3.98. The highest BCUT2D eigenvalue weighted by Gasteiger charge is 2.09. The third-order valence-electron chi connectivity index (χ3n) is 3.87. The van der Waals surface area contributed by atoms with Crippen molar-refractivity contribution in [3.8, 4) is 0 Å². The zero-order valence-electron chi connectivity index (χ0n) is 12.9. The molecule has 0 aromatic heterocycles. The first-order chi connectivity index (χ1) is 10.1. The Kier molecular flexibility index (Phi) is 5.67. The molecule has 4 nitrogen and oxygen atoms in total. The van der Waals surface area contributed by atoms with Crippen LogP contribution < -0.4 is 15.5 Å². The summed E-state index contributed by atoms with van der Waals surface area (Å²) < 4.78 is 0. The molecular weight excluding hydrogens is 262 g/mol. The second-order valence-electron chi connectivity index (χ2n) is 5.80. The number of amides is 2. The molecular formula is C17H25N3O. The van der Waals surface area contributed by atoms with Crippen molar-refractivity contribution in [2.24, 2.45) is 5.92 Å². The van der Waals surface area contributed by atoms with Gasteiger partial charge in [-0.3, -0.25) is 0 Å². The van der Waals surface area contributed by atoms with Gasteiger partial charge in [-0.25, -0.2) is 4.79 Å². The van der Waals surface area contributed by atoms with Crippen molar-refractivity contribution >= 4 is 17.4 Å². The van der Waals surface area contributed by atoms with E-state index in [4.69, 9.17) is 0 Å². The number of carbonyl (C=O) groups is 1. The van der Waals surface area contributed by atoms with E-state index >= 15 is 0 Å². The molecule has 1 aromatic carbocycles. The lowest BCUT2D eigenvalue weighted by molar-refractivity contribution is 0.255. The predicted molar refractivity (Wildman–Crippen MR) is 88.6 cm³/mol. The molecule has 1 saturated carbocycles. The van der Waals surface area contributed by atoms with Gasteiger partial charge in [0.25, 0.3) is 0 Å². The van der Waals surface area contributed by atoms with Crippen molar-refractivity contribution in [2.75, 3.05) is 24.3 Å². The fraction of sp³-hybridized carbons (Fsp3) is 0.471. The van der Waals surface area contributed by atoms with Gasteiger partial charge >= 0.3 is 6.03 Å². The molecule has 0 unspecified atom stereocenters. The van der Waals surface area contributed by atoms with Crippen LogP contribution in [0.25, 0.3) is 0 Å². The molecule has 2 amide bonds. The molecule has 21 heavy (non-hydrogen) atoms. The number of hydrogen-bond donors (Lipinski definition) is 2. The number of allylic oxidation sites excluding steroid dienone is 1. The van der Waals surface area contributed by atoms with Gasteiger partial charge in [-0.2, -0.15) is 0 Å². The number of urea groups is 1. The SMILES string of the molecule is CN(C)c1ccc(NC(=O)N/C=C/C2CCCCC2)cc1. The van der Waals surface area contributed by atoms with E-state index in [0.717, 1.165) is 11.4 Å². The van der Waals surface area contributed by atoms with E-state index in [1.54, 1.807) is 6.20 Å². The van der Waals surface area contributed by atoms with Crippen LogP contribution in [0.5, 0.6) is 0 Å². The minimum atomic E-state index is -0.195. The van der Waals surface area contributed by atoms with Crippen LogP contribution in [0.4, 0.5) is 16.2 Å². The Morgan fingerprint density at radius 1 is 1.14 bits per heavy atom. The van der Waals surface area contributed by atoms with Crippen molar-refractivity contribution in [1.82, 2.24) is 5.32 Å². The van der Waals surface area contributed by atoms with Gasteiger partial charge in [0.1, 0.15) is 0 Å². The quantitative estimate of drug-likeness (QED) is 0.880. The highest BCUT2D eigenvalue weighted by Crippen LogP contribution is 2.24. The summed E-state index contributed by atoms with van der Waals surface area (Å²) in [4.78, 5) is 13.8. The standard InChI is InChI=1S/C17H25N3O/c1-20(2)16-10-8-15(9-11-16)19-17(21)18-13-12-14-6-4-3-5-7-14/h8-14H,3-7H2,1-2H3,(H2,18,19,21)/b13-12+. The lowest BCUT2D eigenvalue weighted by Gasteiger charge is -2.17. The summed E-state index contributed by atoms with van der Waals surface area (Å²) in [5.74, 6) is 0.624. The lowest BCUT2D eigenvalue weighted by atomic mass is 9.89. The Balaban J connectivity index is 1.77. The molecule has 0 atom stereocenters. The summed E-state index contributed by atoms with van der Waals surface area (Å²) >= 11 is 0. The van der Waals surface area contributed by atoms with Gasteiger partial charge in [-0.1, -0.05) is 25.3 Å². The zero-order chi connectivity index (χ0) is 15.1. The van der Waals surface area contributed by atoms with Crippen molar-refractivity contribution in [2.45, 2.75) is 32.1 Å². The summed E-state index contributed by atoms with van der Waals surface area (Å²) in [6.45, 7) is 0. The summed E-state index contributed by atoms with van der Waals surface area (Å²) in [5.41, 5.74) is 1.90. The average Bonchev–Trinajstić information content (AvgIpc) is 2.49. The van der Waals surface area contributed by atoms with Crippen LogP contribution in [0.15, 0.2) is 36.5 Å². The van der Waals surface area contributed by atoms with Crippen LogP contribution in [0, 0.1) is 5.92 Å². The number of benzene rings is 1. The summed E-state index contributed by atoms with van der Waals surface area (Å²) in [5, 5.41) is 5.60. The Hall–Kier alpha value is -1.97. The normalized spacial score (nSPS) is 15.9. The number of nitrogens with one attached hydrogen (secondary N) is 2. The van der Waals surface area contributed by atoms with E-state index in [2.05, 4.69) is 16.7 Å². The third kappa shape index (κ3) is 5.14. The number of carbonyl (C=O) groups excluding carboxylic acids is 1. The van der Waals surface area contributed by atoms with E-state index in [9.17, 15) is 4.79 Å².